The fourth-order valence-corrected chi connectivity index (χ4v) is 3.39. The van der Waals surface area contributed by atoms with Crippen molar-refractivity contribution in [2.75, 3.05) is 17.2 Å². The van der Waals surface area contributed by atoms with E-state index < -0.39 is 0 Å². The molecule has 4 aromatic rings. The lowest BCUT2D eigenvalue weighted by Gasteiger charge is -2.16. The Morgan fingerprint density at radius 3 is 2.61 bits per heavy atom. The summed E-state index contributed by atoms with van der Waals surface area (Å²) in [5, 5.41) is 16.2. The summed E-state index contributed by atoms with van der Waals surface area (Å²) >= 11 is 0. The van der Waals surface area contributed by atoms with Crippen molar-refractivity contribution in [1.29, 1.82) is 0 Å². The van der Waals surface area contributed by atoms with E-state index in [-0.39, 0.29) is 30.5 Å². The third kappa shape index (κ3) is 5.95. The number of fused-ring (bicyclic) bond motifs is 1. The van der Waals surface area contributed by atoms with Crippen LogP contribution in [0.15, 0.2) is 55.0 Å². The highest BCUT2D eigenvalue weighted by molar-refractivity contribution is 5.87. The van der Waals surface area contributed by atoms with E-state index in [4.69, 9.17) is 0 Å². The molecule has 0 aliphatic rings. The van der Waals surface area contributed by atoms with E-state index in [1.807, 2.05) is 54.0 Å². The number of aliphatic hydroxyl groups is 1. The maximum atomic E-state index is 9.59. The van der Waals surface area contributed by atoms with E-state index in [0.717, 1.165) is 42.0 Å². The first-order valence-corrected chi connectivity index (χ1v) is 10.6. The Morgan fingerprint density at radius 1 is 1.06 bits per heavy atom. The van der Waals surface area contributed by atoms with Crippen LogP contribution in [-0.2, 0) is 6.54 Å². The van der Waals surface area contributed by atoms with Gasteiger partial charge in [-0.1, -0.05) is 32.0 Å². The summed E-state index contributed by atoms with van der Waals surface area (Å²) in [6, 6.07) is 13.8. The van der Waals surface area contributed by atoms with E-state index in [9.17, 15) is 5.11 Å². The number of nitrogens with zero attached hydrogens (tertiary/aromatic N) is 5. The van der Waals surface area contributed by atoms with Gasteiger partial charge < -0.3 is 25.8 Å². The highest BCUT2D eigenvalue weighted by Gasteiger charge is 2.15. The molecule has 10 heteroatoms. The smallest absolute Gasteiger partial charge is 0.227 e. The van der Waals surface area contributed by atoms with E-state index in [1.54, 1.807) is 12.5 Å². The van der Waals surface area contributed by atoms with Crippen LogP contribution in [0.1, 0.15) is 26.7 Å². The number of aromatic nitrogens is 5. The number of aryl methyl sites for hydroxylation is 1. The number of pyridine rings is 1. The van der Waals surface area contributed by atoms with Gasteiger partial charge in [0.1, 0.15) is 0 Å². The summed E-state index contributed by atoms with van der Waals surface area (Å²) < 4.78 is 2.03. The second kappa shape index (κ2) is 12.1. The number of rotatable bonds is 9. The number of hydrogen-bond donors (Lipinski definition) is 3. The van der Waals surface area contributed by atoms with Crippen LogP contribution in [-0.4, -0.2) is 47.7 Å². The Hall–Kier alpha value is -3.27. The van der Waals surface area contributed by atoms with Gasteiger partial charge in [0, 0.05) is 24.0 Å². The average Bonchev–Trinajstić information content (AvgIpc) is 3.21. The minimum absolute atomic E-state index is 0. The Labute approximate surface area is 199 Å². The summed E-state index contributed by atoms with van der Waals surface area (Å²) in [5.41, 5.74) is 4.27. The van der Waals surface area contributed by atoms with Crippen LogP contribution in [0.5, 0.6) is 0 Å². The zero-order valence-electron chi connectivity index (χ0n) is 18.7. The number of hydrogen-bond acceptors (Lipinski definition) is 7. The van der Waals surface area contributed by atoms with Crippen molar-refractivity contribution in [3.8, 4) is 11.3 Å². The second-order valence-electron chi connectivity index (χ2n) is 7.36. The lowest BCUT2D eigenvalue weighted by Crippen LogP contribution is -2.24. The molecule has 0 aliphatic carbocycles. The summed E-state index contributed by atoms with van der Waals surface area (Å²) in [6.07, 6.45) is 5.32. The minimum Gasteiger partial charge on any atom is -0.412 e. The number of anilines is 3. The van der Waals surface area contributed by atoms with Gasteiger partial charge in [-0.25, -0.2) is 4.98 Å². The highest BCUT2D eigenvalue weighted by atomic mass is 35.5. The average molecular weight is 472 g/mol. The standard InChI is InChI=1S/C23H27N7O.ClH.H2O/c1-3-12-30-15-25-20-21(28-23(29-22(20)30)27-17(4-2)14-31)26-18-9-7-8-16(13-18)19-10-5-6-11-24-19;;/h5-11,13,15,17,31H,3-4,12,14H2,1-2H3,(H2,26,27,28,29);1H;1H2. The van der Waals surface area contributed by atoms with Gasteiger partial charge in [0.2, 0.25) is 5.95 Å². The van der Waals surface area contributed by atoms with Gasteiger partial charge in [-0.05, 0) is 37.1 Å². The summed E-state index contributed by atoms with van der Waals surface area (Å²) in [7, 11) is 0. The summed E-state index contributed by atoms with van der Waals surface area (Å²) in [5.74, 6) is 1.09. The molecule has 1 unspecified atom stereocenters. The maximum absolute atomic E-state index is 9.59. The Kier molecular flexibility index (Phi) is 9.53. The zero-order valence-corrected chi connectivity index (χ0v) is 19.5. The van der Waals surface area contributed by atoms with Crippen LogP contribution >= 0.6 is 12.4 Å². The van der Waals surface area contributed by atoms with Gasteiger partial charge in [0.15, 0.2) is 17.0 Å². The first kappa shape index (κ1) is 26.0. The Bertz CT molecular complexity index is 1150. The molecule has 33 heavy (non-hydrogen) atoms. The number of nitrogens with one attached hydrogen (secondary N) is 2. The molecule has 0 radical (unpaired) electrons. The van der Waals surface area contributed by atoms with Gasteiger partial charge in [0.25, 0.3) is 0 Å². The van der Waals surface area contributed by atoms with Gasteiger partial charge in [0.05, 0.1) is 24.7 Å². The van der Waals surface area contributed by atoms with Crippen LogP contribution in [0.2, 0.25) is 0 Å². The molecule has 0 saturated carbocycles. The number of aliphatic hydroxyl groups excluding tert-OH is 1. The quantitative estimate of drug-likeness (QED) is 0.338. The number of halogens is 1. The molecule has 1 atom stereocenters. The molecule has 1 aromatic carbocycles. The van der Waals surface area contributed by atoms with E-state index in [2.05, 4.69) is 37.5 Å². The fraction of sp³-hybridized carbons (Fsp3) is 0.304. The monoisotopic (exact) mass is 471 g/mol. The molecule has 0 spiro atoms. The van der Waals surface area contributed by atoms with Gasteiger partial charge in [-0.2, -0.15) is 9.97 Å². The maximum Gasteiger partial charge on any atom is 0.227 e. The first-order chi connectivity index (χ1) is 15.2. The van der Waals surface area contributed by atoms with Crippen molar-refractivity contribution in [3.05, 3.63) is 55.0 Å². The van der Waals surface area contributed by atoms with Crippen LogP contribution in [0, 0.1) is 0 Å². The predicted molar refractivity (Wildman–Crippen MR) is 134 cm³/mol. The van der Waals surface area contributed by atoms with Crippen molar-refractivity contribution in [1.82, 2.24) is 24.5 Å². The molecule has 3 heterocycles. The van der Waals surface area contributed by atoms with Crippen molar-refractivity contribution < 1.29 is 10.6 Å². The third-order valence-corrected chi connectivity index (χ3v) is 5.06. The Morgan fingerprint density at radius 2 is 1.91 bits per heavy atom. The normalized spacial score (nSPS) is 11.4. The molecule has 0 saturated heterocycles. The van der Waals surface area contributed by atoms with Crippen LogP contribution in [0.4, 0.5) is 17.5 Å². The third-order valence-electron chi connectivity index (χ3n) is 5.06. The number of benzene rings is 1. The lowest BCUT2D eigenvalue weighted by atomic mass is 10.1. The topological polar surface area (TPSA) is 132 Å². The molecule has 3 aromatic heterocycles. The molecule has 5 N–H and O–H groups in total. The van der Waals surface area contributed by atoms with E-state index in [1.165, 1.54) is 0 Å². The molecule has 0 aliphatic heterocycles. The van der Waals surface area contributed by atoms with E-state index in [0.29, 0.717) is 17.3 Å². The molecule has 0 bridgehead atoms. The predicted octanol–water partition coefficient (Wildman–Crippen LogP) is 3.82. The van der Waals surface area contributed by atoms with Crippen LogP contribution < -0.4 is 10.6 Å². The second-order valence-corrected chi connectivity index (χ2v) is 7.36. The van der Waals surface area contributed by atoms with Crippen molar-refractivity contribution in [3.63, 3.8) is 0 Å². The summed E-state index contributed by atoms with van der Waals surface area (Å²) in [4.78, 5) is 18.3. The van der Waals surface area contributed by atoms with Gasteiger partial charge in [-0.15, -0.1) is 12.4 Å². The molecule has 9 nitrogen and oxygen atoms in total. The molecule has 0 fully saturated rings. The van der Waals surface area contributed by atoms with Crippen LogP contribution in [0.3, 0.4) is 0 Å². The Balaban J connectivity index is 0.00000193. The molecule has 0 amide bonds. The van der Waals surface area contributed by atoms with E-state index >= 15 is 0 Å². The van der Waals surface area contributed by atoms with Crippen molar-refractivity contribution in [2.24, 2.45) is 0 Å². The highest BCUT2D eigenvalue weighted by Crippen LogP contribution is 2.27. The fourth-order valence-electron chi connectivity index (χ4n) is 3.39. The lowest BCUT2D eigenvalue weighted by molar-refractivity contribution is 0.271. The van der Waals surface area contributed by atoms with Gasteiger partial charge in [-0.3, -0.25) is 4.98 Å². The molecule has 176 valence electrons. The first-order valence-electron chi connectivity index (χ1n) is 10.6. The van der Waals surface area contributed by atoms with Crippen molar-refractivity contribution >= 4 is 41.0 Å². The zero-order chi connectivity index (χ0) is 21.6. The molecular formula is C23H30ClN7O2. The van der Waals surface area contributed by atoms with Gasteiger partial charge >= 0.3 is 0 Å². The number of imidazole rings is 1. The molecule has 4 rings (SSSR count). The molecular weight excluding hydrogens is 442 g/mol. The van der Waals surface area contributed by atoms with Crippen molar-refractivity contribution in [2.45, 2.75) is 39.3 Å². The minimum atomic E-state index is -0.111. The van der Waals surface area contributed by atoms with Crippen LogP contribution in [0.25, 0.3) is 22.4 Å². The SMILES string of the molecule is CCCn1cnc2c(Nc3cccc(-c4ccccn4)c3)nc(NC(CC)CO)nc21.Cl.O. The summed E-state index contributed by atoms with van der Waals surface area (Å²) in [6.45, 7) is 4.96. The largest absolute Gasteiger partial charge is 0.412 e.